The van der Waals surface area contributed by atoms with Gasteiger partial charge in [0.05, 0.1) is 38.8 Å². The fraction of sp³-hybridized carbons (Fsp3) is 0.921. The highest BCUT2D eigenvalue weighted by atomic mass is 16.6. The van der Waals surface area contributed by atoms with Crippen molar-refractivity contribution in [3.63, 3.8) is 0 Å². The first kappa shape index (κ1) is 57.0. The number of carbonyl (C=O) groups excluding carboxylic acids is 5. The second-order valence-electron chi connectivity index (χ2n) is 30.2. The summed E-state index contributed by atoms with van der Waals surface area (Å²) in [4.78, 5) is 60.8. The van der Waals surface area contributed by atoms with E-state index in [2.05, 4.69) is 20.8 Å². The standard InChI is InChI=1S/C17H28O2.C16H26O4.C16H26O2.C14H20O4/c1-5-16(2,3)15(18)19-17(4)13-7-11-6-12(9-13)10-14(17)8-11;1-4-13(2,3)12(17)20-16-7-11-5-14(18,9-16)8-15(19,6-11)10-16;1-4-16(2,3)15(17)18-14-9-10-8-13(14)12-7-5-6-11(10)12;1-4-14(2,3)13(16)18-10-7-5-8-9(6-7)12(15)17-11(8)10/h11-14H,5-10H2,1-4H3;11,18-19H,4-10H2,1-3H3;10-14H,4-9H2,1-3H3;7-11H,4-6H2,1-3H3. The Morgan fingerprint density at radius 3 is 1.57 bits per heavy atom. The molecule has 0 aromatic carbocycles. The number of carbonyl (C=O) groups is 5. The van der Waals surface area contributed by atoms with Gasteiger partial charge in [-0.05, 0) is 231 Å². The molecule has 12 unspecified atom stereocenters. The molecule has 12 heteroatoms. The predicted molar refractivity (Wildman–Crippen MR) is 284 cm³/mol. The Labute approximate surface area is 450 Å². The molecule has 12 bridgehead atoms. The highest BCUT2D eigenvalue weighted by molar-refractivity contribution is 5.79. The minimum Gasteiger partial charge on any atom is -0.462 e. The topological polar surface area (TPSA) is 172 Å². The molecule has 0 aromatic heterocycles. The van der Waals surface area contributed by atoms with E-state index in [1.807, 2.05) is 69.2 Å². The monoisotopic (exact) mass is 1050 g/mol. The molecule has 0 amide bonds. The second-order valence-corrected chi connectivity index (χ2v) is 30.2. The smallest absolute Gasteiger partial charge is 0.312 e. The van der Waals surface area contributed by atoms with Crippen molar-refractivity contribution in [1.29, 1.82) is 0 Å². The molecular formula is C63H100O12. The summed E-state index contributed by atoms with van der Waals surface area (Å²) in [5.74, 6) is 7.09. The van der Waals surface area contributed by atoms with Crippen molar-refractivity contribution in [3.05, 3.63) is 0 Å². The van der Waals surface area contributed by atoms with Gasteiger partial charge in [0.1, 0.15) is 29.5 Å². The summed E-state index contributed by atoms with van der Waals surface area (Å²) in [5, 5.41) is 21.3. The first-order valence-corrected chi connectivity index (χ1v) is 30.5. The maximum Gasteiger partial charge on any atom is 0.312 e. The van der Waals surface area contributed by atoms with Crippen LogP contribution in [0.15, 0.2) is 0 Å². The van der Waals surface area contributed by atoms with E-state index >= 15 is 0 Å². The summed E-state index contributed by atoms with van der Waals surface area (Å²) >= 11 is 0. The third-order valence-corrected chi connectivity index (χ3v) is 23.4. The third kappa shape index (κ3) is 10.8. The van der Waals surface area contributed by atoms with Crippen LogP contribution < -0.4 is 0 Å². The summed E-state index contributed by atoms with van der Waals surface area (Å²) in [6.07, 6.45) is 21.9. The lowest BCUT2D eigenvalue weighted by atomic mass is 9.50. The van der Waals surface area contributed by atoms with Crippen LogP contribution in [0.25, 0.3) is 0 Å². The van der Waals surface area contributed by atoms with Crippen LogP contribution in [-0.2, 0) is 47.7 Å². The van der Waals surface area contributed by atoms with Gasteiger partial charge in [-0.25, -0.2) is 0 Å². The molecule has 13 aliphatic carbocycles. The van der Waals surface area contributed by atoms with Crippen molar-refractivity contribution in [2.24, 2.45) is 92.7 Å². The SMILES string of the molecule is CCC(C)(C)C(=O)OC1(C)C2CC3CC(C2)CC1C3.CCC(C)(C)C(=O)OC12CC3CC(O)(CC(O)(C3)C1)C2.CCC(C)(C)C(=O)OC1C2CC3C(=O)OC1C3C2.CCC(C)(C)C(=O)OC1CC2CC1C1CCCC21. The summed E-state index contributed by atoms with van der Waals surface area (Å²) in [7, 11) is 0. The minimum atomic E-state index is -0.842. The summed E-state index contributed by atoms with van der Waals surface area (Å²) in [5.41, 5.74) is -4.11. The van der Waals surface area contributed by atoms with E-state index in [9.17, 15) is 34.2 Å². The Morgan fingerprint density at radius 1 is 0.547 bits per heavy atom. The molecule has 0 aromatic rings. The van der Waals surface area contributed by atoms with Gasteiger partial charge < -0.3 is 33.9 Å². The molecule has 1 heterocycles. The Bertz CT molecular complexity index is 2130. The van der Waals surface area contributed by atoms with Gasteiger partial charge in [-0.15, -0.1) is 0 Å². The zero-order valence-corrected chi connectivity index (χ0v) is 48.7. The largest absolute Gasteiger partial charge is 0.462 e. The first-order chi connectivity index (χ1) is 34.9. The van der Waals surface area contributed by atoms with Crippen LogP contribution in [0.3, 0.4) is 0 Å². The van der Waals surface area contributed by atoms with Gasteiger partial charge in [0, 0.05) is 31.1 Å². The van der Waals surface area contributed by atoms with Crippen LogP contribution >= 0.6 is 0 Å². The van der Waals surface area contributed by atoms with E-state index < -0.39 is 27.6 Å². The summed E-state index contributed by atoms with van der Waals surface area (Å²) < 4.78 is 28.9. The van der Waals surface area contributed by atoms with E-state index in [0.29, 0.717) is 48.9 Å². The molecule has 75 heavy (non-hydrogen) atoms. The highest BCUT2D eigenvalue weighted by Gasteiger charge is 2.66. The van der Waals surface area contributed by atoms with Crippen LogP contribution in [0.4, 0.5) is 0 Å². The van der Waals surface area contributed by atoms with E-state index in [4.69, 9.17) is 23.7 Å². The molecule has 12 nitrogen and oxygen atoms in total. The van der Waals surface area contributed by atoms with Crippen molar-refractivity contribution in [2.45, 2.75) is 272 Å². The van der Waals surface area contributed by atoms with Gasteiger partial charge >= 0.3 is 29.8 Å². The molecule has 13 saturated carbocycles. The van der Waals surface area contributed by atoms with Crippen LogP contribution in [0.1, 0.15) is 231 Å². The Balaban J connectivity index is 0.000000123. The Hall–Kier alpha value is -2.73. The van der Waals surface area contributed by atoms with Gasteiger partial charge in [0.25, 0.3) is 0 Å². The lowest BCUT2D eigenvalue weighted by Gasteiger charge is -2.62. The number of hydrogen-bond donors (Lipinski definition) is 2. The molecule has 14 aliphatic rings. The van der Waals surface area contributed by atoms with Crippen LogP contribution in [0.5, 0.6) is 0 Å². The molecule has 1 aliphatic heterocycles. The number of rotatable bonds is 12. The van der Waals surface area contributed by atoms with Crippen molar-refractivity contribution in [2.75, 3.05) is 0 Å². The number of esters is 5. The maximum absolute atomic E-state index is 12.5. The average molecular weight is 1050 g/mol. The van der Waals surface area contributed by atoms with Gasteiger partial charge in [-0.3, -0.25) is 24.0 Å². The fourth-order valence-corrected chi connectivity index (χ4v) is 17.7. The second kappa shape index (κ2) is 20.1. The molecule has 12 atom stereocenters. The zero-order valence-electron chi connectivity index (χ0n) is 48.7. The lowest BCUT2D eigenvalue weighted by Crippen LogP contribution is -2.67. The van der Waals surface area contributed by atoms with E-state index in [1.165, 1.54) is 57.8 Å². The van der Waals surface area contributed by atoms with Crippen molar-refractivity contribution in [3.8, 4) is 0 Å². The third-order valence-electron chi connectivity index (χ3n) is 23.4. The molecule has 424 valence electrons. The average Bonchev–Trinajstić information content (AvgIpc) is 4.20. The van der Waals surface area contributed by atoms with E-state index in [0.717, 1.165) is 93.8 Å². The van der Waals surface area contributed by atoms with Crippen LogP contribution in [-0.4, -0.2) is 80.8 Å². The van der Waals surface area contributed by atoms with Crippen molar-refractivity contribution >= 4 is 29.8 Å². The summed E-state index contributed by atoms with van der Waals surface area (Å²) in [6, 6.07) is 0. The highest BCUT2D eigenvalue weighted by Crippen LogP contribution is 2.63. The number of hydrogen-bond acceptors (Lipinski definition) is 12. The Morgan fingerprint density at radius 2 is 1.04 bits per heavy atom. The van der Waals surface area contributed by atoms with E-state index in [-0.39, 0.29) is 76.4 Å². The van der Waals surface area contributed by atoms with Gasteiger partial charge in [0.2, 0.25) is 0 Å². The van der Waals surface area contributed by atoms with Crippen molar-refractivity contribution < 1.29 is 57.9 Å². The van der Waals surface area contributed by atoms with Crippen LogP contribution in [0.2, 0.25) is 0 Å². The molecule has 14 rings (SSSR count). The van der Waals surface area contributed by atoms with E-state index in [1.54, 1.807) is 0 Å². The lowest BCUT2D eigenvalue weighted by molar-refractivity contribution is -0.264. The maximum atomic E-state index is 12.5. The first-order valence-electron chi connectivity index (χ1n) is 30.5. The molecule has 0 spiro atoms. The molecular weight excluding hydrogens is 949 g/mol. The summed E-state index contributed by atoms with van der Waals surface area (Å²) in [6.45, 7) is 25.9. The number of ether oxygens (including phenoxy) is 5. The fourth-order valence-electron chi connectivity index (χ4n) is 17.7. The molecule has 1 saturated heterocycles. The molecule has 2 N–H and O–H groups in total. The Kier molecular flexibility index (Phi) is 15.3. The van der Waals surface area contributed by atoms with Crippen LogP contribution in [0, 0.1) is 92.7 Å². The van der Waals surface area contributed by atoms with Gasteiger partial charge in [-0.2, -0.15) is 0 Å². The molecule has 0 radical (unpaired) electrons. The zero-order chi connectivity index (χ0) is 54.6. The van der Waals surface area contributed by atoms with Gasteiger partial charge in [0.15, 0.2) is 0 Å². The normalized spacial score (nSPS) is 43.6. The number of fused-ring (bicyclic) bond motifs is 6. The molecule has 14 fully saturated rings. The quantitative estimate of drug-likeness (QED) is 0.140. The number of aliphatic hydroxyl groups is 2. The minimum absolute atomic E-state index is 0.0185. The van der Waals surface area contributed by atoms with Crippen molar-refractivity contribution in [1.82, 2.24) is 0 Å². The van der Waals surface area contributed by atoms with Gasteiger partial charge in [-0.1, -0.05) is 34.1 Å². The predicted octanol–water partition coefficient (Wildman–Crippen LogP) is 12.1.